The number of pyridine rings is 1. The number of rotatable bonds is 5. The highest BCUT2D eigenvalue weighted by atomic mass is 32.2. The molecule has 1 aliphatic heterocycles. The van der Waals surface area contributed by atoms with Crippen LogP contribution >= 0.6 is 11.8 Å². The van der Waals surface area contributed by atoms with E-state index in [1.165, 1.54) is 41.1 Å². The van der Waals surface area contributed by atoms with Gasteiger partial charge in [-0.15, -0.1) is 24.9 Å². The van der Waals surface area contributed by atoms with Gasteiger partial charge in [0.05, 0.1) is 5.25 Å². The van der Waals surface area contributed by atoms with Gasteiger partial charge in [-0.3, -0.25) is 9.59 Å². The molecule has 148 valence electrons. The molecule has 0 aliphatic carbocycles. The Balaban J connectivity index is 1.68. The van der Waals surface area contributed by atoms with E-state index in [0.29, 0.717) is 11.4 Å². The van der Waals surface area contributed by atoms with Crippen molar-refractivity contribution >= 4 is 29.4 Å². The lowest BCUT2D eigenvalue weighted by molar-refractivity contribution is -0.274. The fraction of sp³-hybridized carbons (Fsp3) is 0.278. The Hall–Kier alpha value is -2.75. The Morgan fingerprint density at radius 2 is 2.07 bits per heavy atom. The van der Waals surface area contributed by atoms with Gasteiger partial charge < -0.3 is 15.0 Å². The molecule has 6 nitrogen and oxygen atoms in total. The van der Waals surface area contributed by atoms with E-state index in [9.17, 15) is 22.8 Å². The number of nitrogens with zero attached hydrogens (tertiary/aromatic N) is 2. The third-order valence-corrected chi connectivity index (χ3v) is 5.49. The van der Waals surface area contributed by atoms with Gasteiger partial charge in [-0.2, -0.15) is 0 Å². The van der Waals surface area contributed by atoms with Gasteiger partial charge in [-0.1, -0.05) is 18.2 Å². The average molecular weight is 411 g/mol. The van der Waals surface area contributed by atoms with E-state index in [1.54, 1.807) is 31.3 Å². The Labute approximate surface area is 163 Å². The number of halogens is 3. The number of thioether (sulfide) groups is 1. The third-order valence-electron chi connectivity index (χ3n) is 3.95. The van der Waals surface area contributed by atoms with E-state index in [2.05, 4.69) is 15.0 Å². The first-order valence-corrected chi connectivity index (χ1v) is 9.16. The van der Waals surface area contributed by atoms with Gasteiger partial charge in [0.2, 0.25) is 11.8 Å². The van der Waals surface area contributed by atoms with Gasteiger partial charge in [0, 0.05) is 19.7 Å². The van der Waals surface area contributed by atoms with E-state index in [4.69, 9.17) is 0 Å². The molecule has 1 aromatic heterocycles. The number of hydrogen-bond donors (Lipinski definition) is 1. The van der Waals surface area contributed by atoms with Gasteiger partial charge in [0.15, 0.2) is 0 Å². The molecule has 2 unspecified atom stereocenters. The minimum absolute atomic E-state index is 0.0698. The van der Waals surface area contributed by atoms with Crippen LogP contribution in [0.2, 0.25) is 0 Å². The summed E-state index contributed by atoms with van der Waals surface area (Å²) in [5.41, 5.74) is 0.482. The highest BCUT2D eigenvalue weighted by Gasteiger charge is 2.40. The van der Waals surface area contributed by atoms with E-state index >= 15 is 0 Å². The van der Waals surface area contributed by atoms with Crippen LogP contribution in [0.15, 0.2) is 48.7 Å². The summed E-state index contributed by atoms with van der Waals surface area (Å²) in [7, 11) is 1.55. The Kier molecular flexibility index (Phi) is 5.78. The van der Waals surface area contributed by atoms with Crippen molar-refractivity contribution in [3.8, 4) is 5.75 Å². The standard InChI is InChI=1S/C18H16F3N3O3S/c1-24-16(26)13(10-15(25)23-14-7-2-3-8-22-14)28-17(24)11-5-4-6-12(9-11)27-18(19,20)21/h2-9,13,17H,10H2,1H3,(H,22,23,25). The van der Waals surface area contributed by atoms with E-state index in [-0.39, 0.29) is 24.0 Å². The van der Waals surface area contributed by atoms with Gasteiger partial charge >= 0.3 is 6.36 Å². The molecule has 28 heavy (non-hydrogen) atoms. The highest BCUT2D eigenvalue weighted by molar-refractivity contribution is 8.01. The first kappa shape index (κ1) is 20.0. The average Bonchev–Trinajstić information content (AvgIpc) is 2.90. The maximum absolute atomic E-state index is 12.5. The van der Waals surface area contributed by atoms with E-state index in [1.807, 2.05) is 0 Å². The van der Waals surface area contributed by atoms with E-state index < -0.39 is 17.0 Å². The van der Waals surface area contributed by atoms with Crippen LogP contribution in [0.3, 0.4) is 0 Å². The van der Waals surface area contributed by atoms with Crippen LogP contribution in [0.5, 0.6) is 5.75 Å². The first-order chi connectivity index (χ1) is 13.2. The summed E-state index contributed by atoms with van der Waals surface area (Å²) in [6.45, 7) is 0. The molecule has 2 amide bonds. The maximum atomic E-state index is 12.5. The summed E-state index contributed by atoms with van der Waals surface area (Å²) in [6, 6.07) is 10.5. The maximum Gasteiger partial charge on any atom is 0.573 e. The van der Waals surface area contributed by atoms with Crippen LogP contribution in [-0.2, 0) is 9.59 Å². The molecule has 0 spiro atoms. The number of nitrogens with one attached hydrogen (secondary N) is 1. The van der Waals surface area contributed by atoms with Crippen LogP contribution in [0.4, 0.5) is 19.0 Å². The van der Waals surface area contributed by atoms with Crippen LogP contribution < -0.4 is 10.1 Å². The molecule has 1 fully saturated rings. The van der Waals surface area contributed by atoms with Gasteiger partial charge in [-0.05, 0) is 29.8 Å². The zero-order valence-electron chi connectivity index (χ0n) is 14.6. The van der Waals surface area contributed by atoms with Crippen molar-refractivity contribution in [3.63, 3.8) is 0 Å². The zero-order valence-corrected chi connectivity index (χ0v) is 15.5. The van der Waals surface area contributed by atoms with Gasteiger partial charge in [0.1, 0.15) is 16.9 Å². The summed E-state index contributed by atoms with van der Waals surface area (Å²) in [4.78, 5) is 30.1. The lowest BCUT2D eigenvalue weighted by Gasteiger charge is -2.19. The smallest absolute Gasteiger partial charge is 0.406 e. The number of anilines is 1. The van der Waals surface area contributed by atoms with Crippen molar-refractivity contribution in [3.05, 3.63) is 54.2 Å². The van der Waals surface area contributed by atoms with Crippen molar-refractivity contribution < 1.29 is 27.5 Å². The molecular formula is C18H16F3N3O3S. The topological polar surface area (TPSA) is 71.5 Å². The molecule has 1 N–H and O–H groups in total. The molecule has 2 atom stereocenters. The predicted molar refractivity (Wildman–Crippen MR) is 97.5 cm³/mol. The second kappa shape index (κ2) is 8.09. The molecule has 1 aromatic carbocycles. The monoisotopic (exact) mass is 411 g/mol. The summed E-state index contributed by atoms with van der Waals surface area (Å²) < 4.78 is 41.2. The Morgan fingerprint density at radius 1 is 1.29 bits per heavy atom. The molecule has 0 saturated carbocycles. The highest BCUT2D eigenvalue weighted by Crippen LogP contribution is 2.44. The summed E-state index contributed by atoms with van der Waals surface area (Å²) in [5, 5.41) is 1.45. The summed E-state index contributed by atoms with van der Waals surface area (Å²) in [5.74, 6) is -0.617. The molecule has 1 saturated heterocycles. The van der Waals surface area contributed by atoms with Crippen LogP contribution in [0.1, 0.15) is 17.4 Å². The van der Waals surface area contributed by atoms with Crippen molar-refractivity contribution in [2.24, 2.45) is 0 Å². The molecule has 2 heterocycles. The minimum atomic E-state index is -4.80. The Morgan fingerprint density at radius 3 is 2.75 bits per heavy atom. The zero-order chi connectivity index (χ0) is 20.3. The van der Waals surface area contributed by atoms with Crippen LogP contribution in [0, 0.1) is 0 Å². The molecule has 0 radical (unpaired) electrons. The van der Waals surface area contributed by atoms with Gasteiger partial charge in [-0.25, -0.2) is 4.98 Å². The second-order valence-corrected chi connectivity index (χ2v) is 7.30. The van der Waals surface area contributed by atoms with Crippen LogP contribution in [0.25, 0.3) is 0 Å². The van der Waals surface area contributed by atoms with Gasteiger partial charge in [0.25, 0.3) is 0 Å². The molecular weight excluding hydrogens is 395 g/mol. The third kappa shape index (κ3) is 4.94. The number of amides is 2. The van der Waals surface area contributed by atoms with Crippen molar-refractivity contribution in [1.82, 2.24) is 9.88 Å². The lowest BCUT2D eigenvalue weighted by atomic mass is 10.2. The fourth-order valence-corrected chi connectivity index (χ4v) is 4.18. The number of alkyl halides is 3. The second-order valence-electron chi connectivity index (χ2n) is 6.01. The molecule has 1 aliphatic rings. The Bertz CT molecular complexity index is 864. The van der Waals surface area contributed by atoms with E-state index in [0.717, 1.165) is 0 Å². The molecule has 0 bridgehead atoms. The van der Waals surface area contributed by atoms with Crippen LogP contribution in [-0.4, -0.2) is 40.4 Å². The lowest BCUT2D eigenvalue weighted by Crippen LogP contribution is -2.29. The summed E-state index contributed by atoms with van der Waals surface area (Å²) >= 11 is 1.20. The quantitative estimate of drug-likeness (QED) is 0.814. The molecule has 2 aromatic rings. The largest absolute Gasteiger partial charge is 0.573 e. The number of carbonyl (C=O) groups is 2. The number of carbonyl (C=O) groups excluding carboxylic acids is 2. The predicted octanol–water partition coefficient (Wildman–Crippen LogP) is 3.58. The van der Waals surface area contributed by atoms with Crippen molar-refractivity contribution in [2.75, 3.05) is 12.4 Å². The fourth-order valence-electron chi connectivity index (χ4n) is 2.75. The van der Waals surface area contributed by atoms with Crippen molar-refractivity contribution in [2.45, 2.75) is 23.4 Å². The number of benzene rings is 1. The minimum Gasteiger partial charge on any atom is -0.406 e. The molecule has 3 rings (SSSR count). The first-order valence-electron chi connectivity index (χ1n) is 8.21. The number of aromatic nitrogens is 1. The summed E-state index contributed by atoms with van der Waals surface area (Å²) in [6.07, 6.45) is -3.33. The number of ether oxygens (including phenoxy) is 1. The van der Waals surface area contributed by atoms with Crippen molar-refractivity contribution in [1.29, 1.82) is 0 Å². The SMILES string of the molecule is CN1C(=O)C(CC(=O)Nc2ccccn2)SC1c1cccc(OC(F)(F)F)c1. The number of hydrogen-bond acceptors (Lipinski definition) is 5. The molecule has 10 heteroatoms. The normalized spacial score (nSPS) is 19.6.